The first-order chi connectivity index (χ1) is 6.07. The lowest BCUT2D eigenvalue weighted by molar-refractivity contribution is 0.416. The summed E-state index contributed by atoms with van der Waals surface area (Å²) in [7, 11) is 0. The van der Waals surface area contributed by atoms with Crippen LogP contribution in [0.25, 0.3) is 0 Å². The van der Waals surface area contributed by atoms with Gasteiger partial charge in [-0.15, -0.1) is 21.5 Å². The first kappa shape index (κ1) is 9.13. The van der Waals surface area contributed by atoms with Gasteiger partial charge in [0, 0.05) is 11.3 Å². The molecule has 0 N–H and O–H groups in total. The van der Waals surface area contributed by atoms with E-state index < -0.39 is 0 Å². The van der Waals surface area contributed by atoms with Gasteiger partial charge in [-0.05, 0) is 12.8 Å². The molecule has 1 heterocycles. The average molecular weight is 196 g/mol. The van der Waals surface area contributed by atoms with E-state index in [0.29, 0.717) is 0 Å². The molecular formula is C10H16N2S. The Balaban J connectivity index is 2.17. The highest BCUT2D eigenvalue weighted by Gasteiger charge is 2.26. The summed E-state index contributed by atoms with van der Waals surface area (Å²) in [4.78, 5) is 0. The molecule has 1 aliphatic rings. The monoisotopic (exact) mass is 196 g/mol. The Morgan fingerprint density at radius 3 is 2.31 bits per heavy atom. The van der Waals surface area contributed by atoms with Crippen molar-refractivity contribution in [2.45, 2.75) is 51.4 Å². The predicted octanol–water partition coefficient (Wildman–Crippen LogP) is 3.10. The number of rotatable bonds is 1. The third-order valence-electron chi connectivity index (χ3n) is 2.54. The zero-order valence-electron chi connectivity index (χ0n) is 8.50. The van der Waals surface area contributed by atoms with Gasteiger partial charge in [0.2, 0.25) is 0 Å². The van der Waals surface area contributed by atoms with Crippen LogP contribution in [0.2, 0.25) is 0 Å². The third kappa shape index (κ3) is 1.75. The quantitative estimate of drug-likeness (QED) is 0.689. The van der Waals surface area contributed by atoms with Gasteiger partial charge in [-0.1, -0.05) is 27.2 Å². The largest absolute Gasteiger partial charge is 0.143 e. The highest BCUT2D eigenvalue weighted by Crippen LogP contribution is 2.39. The summed E-state index contributed by atoms with van der Waals surface area (Å²) in [5.41, 5.74) is 0.166. The van der Waals surface area contributed by atoms with Gasteiger partial charge >= 0.3 is 0 Å². The maximum absolute atomic E-state index is 4.27. The number of nitrogens with zero attached hydrogens (tertiary/aromatic N) is 2. The Hall–Kier alpha value is -0.440. The topological polar surface area (TPSA) is 25.8 Å². The van der Waals surface area contributed by atoms with Crippen molar-refractivity contribution >= 4 is 11.3 Å². The van der Waals surface area contributed by atoms with Crippen LogP contribution >= 0.6 is 11.3 Å². The molecule has 0 radical (unpaired) electrons. The zero-order chi connectivity index (χ0) is 9.47. The summed E-state index contributed by atoms with van der Waals surface area (Å²) in [5.74, 6) is 0.730. The first-order valence-electron chi connectivity index (χ1n) is 4.91. The van der Waals surface area contributed by atoms with E-state index in [0.717, 1.165) is 5.92 Å². The molecule has 0 atom stereocenters. The minimum Gasteiger partial charge on any atom is -0.143 e. The van der Waals surface area contributed by atoms with E-state index in [9.17, 15) is 0 Å². The molecule has 1 aromatic heterocycles. The fraction of sp³-hybridized carbons (Fsp3) is 0.800. The molecule has 0 unspecified atom stereocenters. The molecule has 0 aromatic carbocycles. The van der Waals surface area contributed by atoms with Gasteiger partial charge in [0.05, 0.1) is 0 Å². The minimum absolute atomic E-state index is 0.166. The van der Waals surface area contributed by atoms with E-state index in [4.69, 9.17) is 0 Å². The number of hydrogen-bond donors (Lipinski definition) is 0. The van der Waals surface area contributed by atoms with Crippen molar-refractivity contribution < 1.29 is 0 Å². The third-order valence-corrected chi connectivity index (χ3v) is 4.05. The molecule has 1 fully saturated rings. The van der Waals surface area contributed by atoms with Crippen molar-refractivity contribution in [3.8, 4) is 0 Å². The van der Waals surface area contributed by atoms with E-state index in [1.54, 1.807) is 11.3 Å². The molecular weight excluding hydrogens is 180 g/mol. The highest BCUT2D eigenvalue weighted by atomic mass is 32.1. The highest BCUT2D eigenvalue weighted by molar-refractivity contribution is 7.11. The summed E-state index contributed by atoms with van der Waals surface area (Å²) in [6.45, 7) is 6.58. The van der Waals surface area contributed by atoms with Crippen molar-refractivity contribution in [1.82, 2.24) is 10.2 Å². The molecule has 1 aromatic rings. The lowest BCUT2D eigenvalue weighted by atomic mass is 9.86. The molecule has 0 spiro atoms. The fourth-order valence-corrected chi connectivity index (χ4v) is 2.43. The van der Waals surface area contributed by atoms with E-state index >= 15 is 0 Å². The molecule has 2 rings (SSSR count). The molecule has 2 nitrogen and oxygen atoms in total. The predicted molar refractivity (Wildman–Crippen MR) is 55.2 cm³/mol. The van der Waals surface area contributed by atoms with E-state index in [1.807, 2.05) is 0 Å². The molecule has 72 valence electrons. The normalized spacial score (nSPS) is 18.7. The minimum atomic E-state index is 0.166. The standard InChI is InChI=1S/C10H16N2S/c1-10(2,3)9-12-11-8(13-9)7-5-4-6-7/h7H,4-6H2,1-3H3. The van der Waals surface area contributed by atoms with Crippen molar-refractivity contribution in [2.24, 2.45) is 0 Å². The van der Waals surface area contributed by atoms with Gasteiger partial charge in [0.25, 0.3) is 0 Å². The Kier molecular flexibility index (Phi) is 2.14. The van der Waals surface area contributed by atoms with Crippen molar-refractivity contribution in [1.29, 1.82) is 0 Å². The molecule has 0 aliphatic heterocycles. The number of hydrogen-bond acceptors (Lipinski definition) is 3. The molecule has 13 heavy (non-hydrogen) atoms. The van der Waals surface area contributed by atoms with Crippen LogP contribution in [0.3, 0.4) is 0 Å². The summed E-state index contributed by atoms with van der Waals surface area (Å²) in [6, 6.07) is 0. The van der Waals surface area contributed by atoms with Gasteiger partial charge in [0.1, 0.15) is 10.0 Å². The van der Waals surface area contributed by atoms with Crippen LogP contribution in [-0.4, -0.2) is 10.2 Å². The van der Waals surface area contributed by atoms with Crippen LogP contribution in [0, 0.1) is 0 Å². The van der Waals surface area contributed by atoms with Crippen LogP contribution in [0.15, 0.2) is 0 Å². The summed E-state index contributed by atoms with van der Waals surface area (Å²) in [5, 5.41) is 11.0. The SMILES string of the molecule is CC(C)(C)c1nnc(C2CCC2)s1. The molecule has 0 saturated heterocycles. The molecule has 0 bridgehead atoms. The smallest absolute Gasteiger partial charge is 0.122 e. The van der Waals surface area contributed by atoms with Gasteiger partial charge in [-0.2, -0.15) is 0 Å². The van der Waals surface area contributed by atoms with E-state index in [1.165, 1.54) is 29.3 Å². The van der Waals surface area contributed by atoms with E-state index in [-0.39, 0.29) is 5.41 Å². The van der Waals surface area contributed by atoms with Crippen LogP contribution in [0.1, 0.15) is 56.0 Å². The van der Waals surface area contributed by atoms with Gasteiger partial charge < -0.3 is 0 Å². The van der Waals surface area contributed by atoms with Crippen molar-refractivity contribution in [2.75, 3.05) is 0 Å². The van der Waals surface area contributed by atoms with Crippen LogP contribution in [0.4, 0.5) is 0 Å². The lowest BCUT2D eigenvalue weighted by Crippen LogP contribution is -2.10. The molecule has 0 amide bonds. The van der Waals surface area contributed by atoms with Crippen molar-refractivity contribution in [3.05, 3.63) is 10.0 Å². The summed E-state index contributed by atoms with van der Waals surface area (Å²) >= 11 is 1.80. The fourth-order valence-electron chi connectivity index (χ4n) is 1.36. The Morgan fingerprint density at radius 1 is 1.23 bits per heavy atom. The maximum atomic E-state index is 4.27. The van der Waals surface area contributed by atoms with Crippen LogP contribution in [0.5, 0.6) is 0 Å². The second-order valence-electron chi connectivity index (χ2n) is 4.82. The molecule has 3 heteroatoms. The second kappa shape index (κ2) is 3.05. The first-order valence-corrected chi connectivity index (χ1v) is 5.73. The average Bonchev–Trinajstić information content (AvgIpc) is 2.29. The van der Waals surface area contributed by atoms with Gasteiger partial charge in [-0.3, -0.25) is 0 Å². The van der Waals surface area contributed by atoms with E-state index in [2.05, 4.69) is 31.0 Å². The Bertz CT molecular complexity index is 294. The van der Waals surface area contributed by atoms with Gasteiger partial charge in [0.15, 0.2) is 0 Å². The molecule has 1 aliphatic carbocycles. The van der Waals surface area contributed by atoms with Crippen LogP contribution < -0.4 is 0 Å². The van der Waals surface area contributed by atoms with Crippen molar-refractivity contribution in [3.63, 3.8) is 0 Å². The zero-order valence-corrected chi connectivity index (χ0v) is 9.32. The van der Waals surface area contributed by atoms with Gasteiger partial charge in [-0.25, -0.2) is 0 Å². The summed E-state index contributed by atoms with van der Waals surface area (Å²) < 4.78 is 0. The molecule has 1 saturated carbocycles. The maximum Gasteiger partial charge on any atom is 0.122 e. The summed E-state index contributed by atoms with van der Waals surface area (Å²) in [6.07, 6.45) is 4.01. The van der Waals surface area contributed by atoms with Crippen LogP contribution in [-0.2, 0) is 5.41 Å². The number of aromatic nitrogens is 2. The second-order valence-corrected chi connectivity index (χ2v) is 5.83. The lowest BCUT2D eigenvalue weighted by Gasteiger charge is -2.22. The Labute approximate surface area is 83.4 Å². The Morgan fingerprint density at radius 2 is 1.92 bits per heavy atom.